The zero-order valence-electron chi connectivity index (χ0n) is 14.6. The van der Waals surface area contributed by atoms with E-state index >= 15 is 0 Å². The third kappa shape index (κ3) is 4.18. The molecule has 1 amide bonds. The van der Waals surface area contributed by atoms with Crippen LogP contribution in [-0.4, -0.2) is 10.5 Å². The zero-order chi connectivity index (χ0) is 18.6. The SMILES string of the molecule is O=C(N=c1scc(-c2ccc(F)cc2)n1-c1ccccc1)c1ccccc1.[Br-]. The zero-order valence-corrected chi connectivity index (χ0v) is 17.0. The average molecular weight is 454 g/mol. The standard InChI is InChI=1S/C22H15FN2OS.BrH/c23-18-13-11-16(12-14-18)20-15-27-22(25(20)19-9-5-2-6-10-19)24-21(26)17-7-3-1-4-8-17;/h1-15H;1H/p-1. The fourth-order valence-corrected chi connectivity index (χ4v) is 3.67. The number of carbonyl (C=O) groups is 1. The van der Waals surface area contributed by atoms with Crippen LogP contribution < -0.4 is 21.8 Å². The summed E-state index contributed by atoms with van der Waals surface area (Å²) in [7, 11) is 0. The number of nitrogens with zero attached hydrogens (tertiary/aromatic N) is 2. The maximum atomic E-state index is 13.3. The van der Waals surface area contributed by atoms with Crippen molar-refractivity contribution < 1.29 is 26.2 Å². The molecule has 4 aromatic rings. The summed E-state index contributed by atoms with van der Waals surface area (Å²) in [4.78, 5) is 17.5. The van der Waals surface area contributed by atoms with Gasteiger partial charge in [-0.1, -0.05) is 36.4 Å². The minimum Gasteiger partial charge on any atom is -1.00 e. The number of hydrogen-bond donors (Lipinski definition) is 0. The van der Waals surface area contributed by atoms with Crippen molar-refractivity contribution >= 4 is 17.2 Å². The lowest BCUT2D eigenvalue weighted by Crippen LogP contribution is -3.00. The van der Waals surface area contributed by atoms with E-state index in [1.807, 2.05) is 58.5 Å². The maximum Gasteiger partial charge on any atom is 0.279 e. The Balaban J connectivity index is 0.00000225. The molecular weight excluding hydrogens is 439 g/mol. The number of amides is 1. The van der Waals surface area contributed by atoms with Crippen LogP contribution in [0.2, 0.25) is 0 Å². The second-order valence-corrected chi connectivity index (χ2v) is 6.70. The first-order valence-corrected chi connectivity index (χ1v) is 9.26. The third-order valence-electron chi connectivity index (χ3n) is 4.08. The van der Waals surface area contributed by atoms with Crippen LogP contribution in [0.25, 0.3) is 16.9 Å². The molecule has 0 unspecified atom stereocenters. The van der Waals surface area contributed by atoms with Crippen LogP contribution in [0.5, 0.6) is 0 Å². The molecule has 0 saturated carbocycles. The maximum absolute atomic E-state index is 13.3. The second kappa shape index (κ2) is 8.91. The number of benzene rings is 3. The van der Waals surface area contributed by atoms with Gasteiger partial charge in [0.1, 0.15) is 5.82 Å². The van der Waals surface area contributed by atoms with Gasteiger partial charge in [0.25, 0.3) is 5.91 Å². The lowest BCUT2D eigenvalue weighted by atomic mass is 10.1. The van der Waals surface area contributed by atoms with Gasteiger partial charge in [0.15, 0.2) is 4.80 Å². The van der Waals surface area contributed by atoms with Crippen LogP contribution in [-0.2, 0) is 0 Å². The summed E-state index contributed by atoms with van der Waals surface area (Å²) < 4.78 is 15.2. The molecule has 3 nitrogen and oxygen atoms in total. The van der Waals surface area contributed by atoms with Gasteiger partial charge in [0.05, 0.1) is 5.69 Å². The van der Waals surface area contributed by atoms with Crippen molar-refractivity contribution in [3.05, 3.63) is 106 Å². The van der Waals surface area contributed by atoms with E-state index in [0.29, 0.717) is 10.4 Å². The predicted octanol–water partition coefficient (Wildman–Crippen LogP) is 2.09. The first kappa shape index (κ1) is 19.9. The Hall–Kier alpha value is -2.83. The molecular formula is C22H15BrFN2OS-. The number of carbonyl (C=O) groups excluding carboxylic acids is 1. The molecule has 0 radical (unpaired) electrons. The smallest absolute Gasteiger partial charge is 0.279 e. The van der Waals surface area contributed by atoms with Crippen molar-refractivity contribution in [2.24, 2.45) is 4.99 Å². The Morgan fingerprint density at radius 3 is 2.11 bits per heavy atom. The molecule has 0 aliphatic heterocycles. The van der Waals surface area contributed by atoms with Crippen LogP contribution in [0.15, 0.2) is 95.3 Å². The minimum atomic E-state index is -0.298. The fraction of sp³-hybridized carbons (Fsp3) is 0. The summed E-state index contributed by atoms with van der Waals surface area (Å²) in [6.45, 7) is 0. The van der Waals surface area contributed by atoms with Crippen LogP contribution in [0, 0.1) is 5.82 Å². The molecule has 0 bridgehead atoms. The predicted molar refractivity (Wildman–Crippen MR) is 105 cm³/mol. The lowest BCUT2D eigenvalue weighted by molar-refractivity contribution is -0.0000138. The average Bonchev–Trinajstić information content (AvgIpc) is 3.13. The molecule has 0 saturated heterocycles. The summed E-state index contributed by atoms with van der Waals surface area (Å²) in [6, 6.07) is 24.9. The van der Waals surface area contributed by atoms with Gasteiger partial charge in [-0.2, -0.15) is 4.99 Å². The molecule has 4 rings (SSSR count). The number of aromatic nitrogens is 1. The van der Waals surface area contributed by atoms with Gasteiger partial charge in [-0.15, -0.1) is 11.3 Å². The molecule has 0 fully saturated rings. The van der Waals surface area contributed by atoms with Gasteiger partial charge >= 0.3 is 0 Å². The highest BCUT2D eigenvalue weighted by Gasteiger charge is 2.12. The number of para-hydroxylation sites is 1. The van der Waals surface area contributed by atoms with E-state index in [4.69, 9.17) is 0 Å². The summed E-state index contributed by atoms with van der Waals surface area (Å²) in [6.07, 6.45) is 0. The van der Waals surface area contributed by atoms with E-state index in [1.165, 1.54) is 23.5 Å². The molecule has 6 heteroatoms. The Labute approximate surface area is 176 Å². The Bertz CT molecular complexity index is 1140. The van der Waals surface area contributed by atoms with Gasteiger partial charge in [-0.25, -0.2) is 4.39 Å². The Kier molecular flexibility index (Phi) is 6.34. The highest BCUT2D eigenvalue weighted by atomic mass is 79.9. The molecule has 0 spiro atoms. The largest absolute Gasteiger partial charge is 1.00 e. The monoisotopic (exact) mass is 453 g/mol. The summed E-state index contributed by atoms with van der Waals surface area (Å²) >= 11 is 1.37. The first-order valence-electron chi connectivity index (χ1n) is 8.38. The number of rotatable bonds is 3. The van der Waals surface area contributed by atoms with Gasteiger partial charge < -0.3 is 17.0 Å². The van der Waals surface area contributed by atoms with Crippen molar-refractivity contribution in [1.29, 1.82) is 0 Å². The summed E-state index contributed by atoms with van der Waals surface area (Å²) in [5, 5.41) is 1.93. The molecule has 0 atom stereocenters. The van der Waals surface area contributed by atoms with Crippen LogP contribution in [0.4, 0.5) is 4.39 Å². The number of thiazole rings is 1. The fourth-order valence-electron chi connectivity index (χ4n) is 2.77. The molecule has 1 heterocycles. The highest BCUT2D eigenvalue weighted by Crippen LogP contribution is 2.23. The van der Waals surface area contributed by atoms with Crippen molar-refractivity contribution in [3.63, 3.8) is 0 Å². The molecule has 1 aromatic heterocycles. The van der Waals surface area contributed by atoms with Gasteiger partial charge in [-0.05, 0) is 54.1 Å². The molecule has 28 heavy (non-hydrogen) atoms. The van der Waals surface area contributed by atoms with Gasteiger partial charge in [-0.3, -0.25) is 9.36 Å². The van der Waals surface area contributed by atoms with Crippen molar-refractivity contribution in [2.45, 2.75) is 0 Å². The van der Waals surface area contributed by atoms with Crippen molar-refractivity contribution in [3.8, 4) is 16.9 Å². The molecule has 3 aromatic carbocycles. The first-order chi connectivity index (χ1) is 13.2. The van der Waals surface area contributed by atoms with Crippen LogP contribution in [0.1, 0.15) is 10.4 Å². The van der Waals surface area contributed by atoms with E-state index in [1.54, 1.807) is 24.3 Å². The second-order valence-electron chi connectivity index (χ2n) is 5.86. The summed E-state index contributed by atoms with van der Waals surface area (Å²) in [5.41, 5.74) is 3.13. The number of halogens is 2. The van der Waals surface area contributed by atoms with E-state index in [-0.39, 0.29) is 28.7 Å². The van der Waals surface area contributed by atoms with E-state index < -0.39 is 0 Å². The molecule has 140 valence electrons. The van der Waals surface area contributed by atoms with Crippen molar-refractivity contribution in [2.75, 3.05) is 0 Å². The van der Waals surface area contributed by atoms with Crippen LogP contribution in [0.3, 0.4) is 0 Å². The number of hydrogen-bond acceptors (Lipinski definition) is 2. The highest BCUT2D eigenvalue weighted by molar-refractivity contribution is 7.07. The van der Waals surface area contributed by atoms with E-state index in [0.717, 1.165) is 16.9 Å². The van der Waals surface area contributed by atoms with E-state index in [2.05, 4.69) is 4.99 Å². The minimum absolute atomic E-state index is 0. The topological polar surface area (TPSA) is 34.4 Å². The van der Waals surface area contributed by atoms with Gasteiger partial charge in [0, 0.05) is 16.6 Å². The third-order valence-corrected chi connectivity index (χ3v) is 4.91. The molecule has 0 aliphatic rings. The quantitative estimate of drug-likeness (QED) is 0.467. The normalized spacial score (nSPS) is 11.1. The summed E-state index contributed by atoms with van der Waals surface area (Å²) in [5.74, 6) is -0.586. The van der Waals surface area contributed by atoms with Gasteiger partial charge in [0.2, 0.25) is 0 Å². The van der Waals surface area contributed by atoms with E-state index in [9.17, 15) is 9.18 Å². The van der Waals surface area contributed by atoms with Crippen molar-refractivity contribution in [1.82, 2.24) is 4.57 Å². The molecule has 0 N–H and O–H groups in total. The lowest BCUT2D eigenvalue weighted by Gasteiger charge is -2.09. The van der Waals surface area contributed by atoms with Crippen LogP contribution >= 0.6 is 11.3 Å². The Morgan fingerprint density at radius 1 is 0.857 bits per heavy atom. The Morgan fingerprint density at radius 2 is 1.46 bits per heavy atom. The molecule has 0 aliphatic carbocycles.